The minimum absolute atomic E-state index is 0. The minimum atomic E-state index is -1.39. The van der Waals surface area contributed by atoms with Crippen molar-refractivity contribution in [1.82, 2.24) is 0 Å². The molecular weight excluding hydrogens is 2200 g/mol. The van der Waals surface area contributed by atoms with Crippen molar-refractivity contribution < 1.29 is 142 Å². The number of ether oxygens (including phenoxy) is 4. The van der Waals surface area contributed by atoms with Crippen LogP contribution in [-0.4, -0.2) is 118 Å². The fourth-order valence-electron chi connectivity index (χ4n) is 8.46. The number of rotatable bonds is 13. The molecule has 10 rings (SSSR count). The van der Waals surface area contributed by atoms with Crippen LogP contribution in [0.4, 0.5) is 0 Å². The van der Waals surface area contributed by atoms with Crippen molar-refractivity contribution in [3.05, 3.63) is 359 Å². The Kier molecular flexibility index (Phi) is 90.0. The van der Waals surface area contributed by atoms with Crippen LogP contribution in [-0.2, 0) is 53.1 Å². The number of hydrogen-bond acceptors (Lipinski definition) is 12. The molecule has 0 aliphatic rings. The third kappa shape index (κ3) is 70.4. The van der Waals surface area contributed by atoms with Crippen molar-refractivity contribution in [2.45, 2.75) is 160 Å². The third-order valence-corrected chi connectivity index (χ3v) is 26.6. The van der Waals surface area contributed by atoms with Crippen molar-refractivity contribution in [2.24, 2.45) is 0 Å². The Labute approximate surface area is 925 Å². The number of carbonyl (C=O) groups is 3. The summed E-state index contributed by atoms with van der Waals surface area (Å²) in [7, 11) is 4.07. The number of aliphatic hydroxyl groups is 4. The largest absolute Gasteiger partial charge is 1.00 e. The molecule has 0 bridgehead atoms. The summed E-state index contributed by atoms with van der Waals surface area (Å²) in [6.45, 7) is 33.0. The van der Waals surface area contributed by atoms with Crippen LogP contribution >= 0.6 is 101 Å². The molecule has 0 aromatic heterocycles. The molecule has 697 valence electrons. The van der Waals surface area contributed by atoms with E-state index in [0.29, 0.717) is 21.7 Å². The van der Waals surface area contributed by atoms with Crippen LogP contribution in [0.25, 0.3) is 18.2 Å². The molecule has 12 nitrogen and oxygen atoms in total. The number of carbonyl (C=O) groups excluding carboxylic acids is 3. The Morgan fingerprint density at radius 3 is 0.871 bits per heavy atom. The van der Waals surface area contributed by atoms with Gasteiger partial charge in [0, 0.05) is 55.6 Å². The molecule has 10 aromatic carbocycles. The SMILES string of the molecule is C.C.C#C[Si](C)(C)C.C#Cc1ccc(CC)cc1.CC(C)(C)[Si](C)(C)Cl.CCc1ccc(C#C/C=C/c2ccc(C(=O)OC)cc2)cc1.CCc1ccc(C#C[Si](C)(C)C)cc1.CCc1ccc(I)cc1.CO.CO.COC(=O)c1ccc(/C=C/C#Cc2ccc(CO)cc2)cc1.COC(=O)c1ccc(/C=C/I)cc1.COc1ccc(I)cc1.OCc1ccc(I)cc1.[B].[H-].[K+].[Na+].[OH-]. The number of methoxy groups -OCH3 is 4. The zero-order chi connectivity index (χ0) is 95.5. The maximum Gasteiger partial charge on any atom is 1.00 e. The number of benzene rings is 10. The Hall–Kier alpha value is -6.21. The van der Waals surface area contributed by atoms with E-state index in [-0.39, 0.29) is 142 Å². The molecule has 23 heteroatoms. The van der Waals surface area contributed by atoms with E-state index in [1.54, 1.807) is 55.7 Å². The second-order valence-corrected chi connectivity index (χ2v) is 51.3. The summed E-state index contributed by atoms with van der Waals surface area (Å²) in [5.41, 5.74) is 22.0. The second kappa shape index (κ2) is 84.1. The average molecular weight is 2340 g/mol. The van der Waals surface area contributed by atoms with Crippen LogP contribution in [0.2, 0.25) is 57.4 Å². The van der Waals surface area contributed by atoms with Crippen LogP contribution in [0, 0.1) is 70.2 Å². The average Bonchev–Trinajstić information content (AvgIpc) is 0.849. The van der Waals surface area contributed by atoms with Gasteiger partial charge in [-0.3, -0.25) is 0 Å². The quantitative estimate of drug-likeness (QED) is 0.0213. The first kappa shape index (κ1) is 141. The topological polar surface area (TPSA) is 199 Å². The molecule has 0 unspecified atom stereocenters. The number of terminal acetylenes is 2. The van der Waals surface area contributed by atoms with Crippen LogP contribution in [0.1, 0.15) is 168 Å². The Balaban J connectivity index is -0.000000186. The number of hydrogen-bond donors (Lipinski definition) is 4. The first-order valence-electron chi connectivity index (χ1n) is 40.5. The standard InChI is InChI=1S/C20H18O2.C19H16O3.C13H18Si.C10H9IO2.C10H10.C8H9I.2C7H7IO.C6H15ClSi.C5H10Si.2CH4O.2CH4.B.K.Na.H2O.H/c1-3-16-8-10-17(11-9-16)6-4-5-7-18-12-14-19(15-13-18)20(21)22-2;1-22-19(21)18-12-10-16(11-13-18)5-3-2-4-15-6-8-17(14-20)9-7-15;1-5-12-6-8-13(9-7-12)10-11-14(2,3)4;1-13-10(12)9-4-2-8(3-5-9)6-7-11;1-3-9-5-7-10(4-2)8-6-9;1-2-7-3-5-8(9)6-4-7;1-9-7-4-2-6(8)3-5-7;8-7-3-1-6(5-9)2-4-7;1-6(2,3)8(4,5)7;1-5-6(2,3)4;2*1-2;;;;;;;/h5,7-15H,3H2,1-2H3;3,5-13,20H,14H2,1H3;6-9H,5H2,1-4H3;2-7H,1H3;1,5-8H,4H2,2H3;3-6H,2H2,1H3;2-5H,1H3;1-4,9H,5H2;1-5H3;1H,2-4H3;2*2H,1H3;2*1H4;;;;1H2;/q;;;;;;;;;;;;;;;2*+1;;-1/p-1/b7-5+;5-3+;;7-6+;;;;;;;;;;;;;;;. The summed E-state index contributed by atoms with van der Waals surface area (Å²) in [4.78, 5) is 33.7. The molecule has 10 aromatic rings. The number of halogens is 5. The minimum Gasteiger partial charge on any atom is -1.00 e. The van der Waals surface area contributed by atoms with E-state index in [0.717, 1.165) is 95.7 Å². The van der Waals surface area contributed by atoms with Gasteiger partial charge in [-0.15, -0.1) is 23.9 Å². The van der Waals surface area contributed by atoms with Crippen LogP contribution < -0.4 is 85.7 Å². The van der Waals surface area contributed by atoms with Gasteiger partial charge in [-0.05, 0) is 316 Å². The second-order valence-electron chi connectivity index (χ2n) is 30.0. The van der Waals surface area contributed by atoms with Crippen LogP contribution in [0.3, 0.4) is 0 Å². The molecule has 0 heterocycles. The van der Waals surface area contributed by atoms with E-state index in [2.05, 4.69) is 325 Å². The number of aryl methyl sites for hydroxylation is 4. The third-order valence-electron chi connectivity index (χ3n) is 17.1. The molecule has 0 spiro atoms. The maximum atomic E-state index is 11.3. The molecule has 3 radical (unpaired) electrons. The van der Waals surface area contributed by atoms with Gasteiger partial charge < -0.3 is 46.3 Å². The zero-order valence-corrected chi connectivity index (χ0v) is 97.5. The molecular formula is C109H137BClI4KNaO12Si3. The van der Waals surface area contributed by atoms with E-state index >= 15 is 0 Å². The van der Waals surface area contributed by atoms with Gasteiger partial charge in [0.15, 0.2) is 7.38 Å². The monoisotopic (exact) mass is 2340 g/mol. The molecule has 0 saturated carbocycles. The molecule has 132 heavy (non-hydrogen) atoms. The summed E-state index contributed by atoms with van der Waals surface area (Å²) in [5, 5.41) is 31.9. The van der Waals surface area contributed by atoms with E-state index in [4.69, 9.17) is 49.1 Å². The van der Waals surface area contributed by atoms with E-state index < -0.39 is 23.5 Å². The van der Waals surface area contributed by atoms with Gasteiger partial charge in [-0.1, -0.05) is 283 Å². The summed E-state index contributed by atoms with van der Waals surface area (Å²) < 4.78 is 24.5. The smallest absolute Gasteiger partial charge is 1.00 e. The summed E-state index contributed by atoms with van der Waals surface area (Å²) in [6.07, 6.45) is 24.0. The van der Waals surface area contributed by atoms with Crippen molar-refractivity contribution in [1.29, 1.82) is 0 Å². The first-order chi connectivity index (χ1) is 59.9. The van der Waals surface area contributed by atoms with Gasteiger partial charge in [0.05, 0.1) is 58.3 Å². The van der Waals surface area contributed by atoms with Crippen molar-refractivity contribution in [3.63, 3.8) is 0 Å². The fourth-order valence-corrected chi connectivity index (χ4v) is 10.5. The van der Waals surface area contributed by atoms with Crippen LogP contribution in [0.5, 0.6) is 5.75 Å². The Morgan fingerprint density at radius 1 is 0.417 bits per heavy atom. The number of aliphatic hydroxyl groups excluding tert-OH is 4. The maximum absolute atomic E-state index is 11.3. The van der Waals surface area contributed by atoms with E-state index in [1.807, 2.05) is 156 Å². The van der Waals surface area contributed by atoms with Crippen molar-refractivity contribution in [2.75, 3.05) is 42.7 Å². The van der Waals surface area contributed by atoms with Gasteiger partial charge in [0.2, 0.25) is 0 Å². The van der Waals surface area contributed by atoms with Crippen molar-refractivity contribution >= 4 is 170 Å². The predicted octanol–water partition coefficient (Wildman–Crippen LogP) is 21.4. The molecule has 0 fully saturated rings. The van der Waals surface area contributed by atoms with Gasteiger partial charge in [-0.2, -0.15) is 11.1 Å². The van der Waals surface area contributed by atoms with Crippen molar-refractivity contribution in [3.8, 4) is 65.2 Å². The van der Waals surface area contributed by atoms with Gasteiger partial charge in [-0.25, -0.2) is 14.4 Å². The summed E-state index contributed by atoms with van der Waals surface area (Å²) in [5.74, 6) is 17.8. The summed E-state index contributed by atoms with van der Waals surface area (Å²) in [6, 6.07) is 78.2. The molecule has 0 atom stereocenters. The Morgan fingerprint density at radius 2 is 0.652 bits per heavy atom. The fraction of sp³-hybridized carbons (Fsp3) is 0.275. The Bertz CT molecular complexity index is 4830. The summed E-state index contributed by atoms with van der Waals surface area (Å²) >= 11 is 15.1. The van der Waals surface area contributed by atoms with Gasteiger partial charge in [0.25, 0.3) is 0 Å². The molecule has 0 aliphatic carbocycles. The zero-order valence-electron chi connectivity index (χ0n) is 81.0. The molecule has 0 amide bonds. The number of allylic oxidation sites excluding steroid dienone is 2. The first-order valence-corrected chi connectivity index (χ1v) is 56.0. The van der Waals surface area contributed by atoms with E-state index in [9.17, 15) is 14.4 Å². The van der Waals surface area contributed by atoms with Gasteiger partial charge >= 0.3 is 98.8 Å². The molecule has 5 N–H and O–H groups in total. The van der Waals surface area contributed by atoms with E-state index in [1.165, 1.54) is 54.3 Å². The molecule has 0 aliphatic heterocycles. The normalized spacial score (nSPS) is 9.52. The van der Waals surface area contributed by atoms with Gasteiger partial charge in [0.1, 0.15) is 21.9 Å². The van der Waals surface area contributed by atoms with Crippen LogP contribution in [0.15, 0.2) is 259 Å². The molecule has 0 saturated heterocycles. The predicted molar refractivity (Wildman–Crippen MR) is 599 cm³/mol. The number of esters is 3.